The lowest BCUT2D eigenvalue weighted by Crippen LogP contribution is -2.48. The molecule has 0 spiro atoms. The Labute approximate surface area is 122 Å². The second kappa shape index (κ2) is 4.84. The smallest absolute Gasteiger partial charge is 0.0419 e. The quantitative estimate of drug-likeness (QED) is 0.908. The molecule has 5 rings (SSSR count). The fraction of sp³-hybridized carbons (Fsp3) is 0.722. The van der Waals surface area contributed by atoms with Crippen molar-refractivity contribution in [2.24, 2.45) is 28.9 Å². The topological polar surface area (TPSA) is 38.9 Å². The Bertz CT molecular complexity index is 432. The third kappa shape index (κ3) is 2.39. The molecule has 0 aliphatic heterocycles. The normalized spacial score (nSPS) is 40.0. The average molecular weight is 270 g/mol. The van der Waals surface area contributed by atoms with Crippen molar-refractivity contribution in [2.45, 2.75) is 57.4 Å². The minimum atomic E-state index is 0.293. The van der Waals surface area contributed by atoms with E-state index < -0.39 is 0 Å². The van der Waals surface area contributed by atoms with Crippen LogP contribution in [0.5, 0.6) is 0 Å². The predicted octanol–water partition coefficient (Wildman–Crippen LogP) is 3.56. The third-order valence-corrected chi connectivity index (χ3v) is 6.06. The van der Waals surface area contributed by atoms with Gasteiger partial charge in [0.25, 0.3) is 0 Å². The molecule has 1 unspecified atom stereocenters. The summed E-state index contributed by atoms with van der Waals surface area (Å²) in [6.07, 6.45) is 13.0. The van der Waals surface area contributed by atoms with Crippen LogP contribution in [-0.4, -0.2) is 11.0 Å². The molecule has 4 fully saturated rings. The van der Waals surface area contributed by atoms with Crippen molar-refractivity contribution in [3.05, 3.63) is 30.1 Å². The van der Waals surface area contributed by atoms with Crippen LogP contribution in [0.15, 0.2) is 24.4 Å². The molecule has 0 amide bonds. The number of hydrogen-bond acceptors (Lipinski definition) is 2. The van der Waals surface area contributed by atoms with Crippen LogP contribution in [0, 0.1) is 23.2 Å². The van der Waals surface area contributed by atoms with Crippen molar-refractivity contribution >= 4 is 0 Å². The van der Waals surface area contributed by atoms with Crippen LogP contribution >= 0.6 is 0 Å². The molecule has 20 heavy (non-hydrogen) atoms. The molecule has 0 saturated heterocycles. The summed E-state index contributed by atoms with van der Waals surface area (Å²) in [7, 11) is 0. The number of nitrogens with zero attached hydrogens (tertiary/aromatic N) is 1. The van der Waals surface area contributed by atoms with Crippen LogP contribution in [0.25, 0.3) is 0 Å². The van der Waals surface area contributed by atoms with Crippen LogP contribution in [-0.2, 0) is 6.42 Å². The lowest BCUT2D eigenvalue weighted by Gasteiger charge is -2.57. The van der Waals surface area contributed by atoms with Gasteiger partial charge >= 0.3 is 0 Å². The summed E-state index contributed by atoms with van der Waals surface area (Å²) in [6, 6.07) is 6.45. The number of pyridine rings is 1. The molecular formula is C18H26N2. The minimum absolute atomic E-state index is 0.293. The molecule has 4 saturated carbocycles. The van der Waals surface area contributed by atoms with Crippen LogP contribution < -0.4 is 5.73 Å². The van der Waals surface area contributed by atoms with Gasteiger partial charge in [-0.15, -0.1) is 0 Å². The third-order valence-electron chi connectivity index (χ3n) is 6.06. The summed E-state index contributed by atoms with van der Waals surface area (Å²) in [6.45, 7) is 0. The van der Waals surface area contributed by atoms with E-state index in [2.05, 4.69) is 17.1 Å². The molecule has 1 aromatic heterocycles. The Balaban J connectivity index is 1.43. The van der Waals surface area contributed by atoms with Crippen LogP contribution in [0.3, 0.4) is 0 Å². The van der Waals surface area contributed by atoms with E-state index in [9.17, 15) is 0 Å². The molecule has 4 aliphatic rings. The zero-order chi connectivity index (χ0) is 13.6. The van der Waals surface area contributed by atoms with E-state index in [1.165, 1.54) is 44.9 Å². The largest absolute Gasteiger partial charge is 0.327 e. The zero-order valence-corrected chi connectivity index (χ0v) is 12.3. The molecule has 1 aromatic rings. The van der Waals surface area contributed by atoms with Gasteiger partial charge in [-0.2, -0.15) is 0 Å². The first kappa shape index (κ1) is 12.8. The van der Waals surface area contributed by atoms with E-state index in [4.69, 9.17) is 5.73 Å². The Kier molecular flexibility index (Phi) is 3.10. The predicted molar refractivity (Wildman–Crippen MR) is 81.1 cm³/mol. The molecule has 1 heterocycles. The van der Waals surface area contributed by atoms with E-state index >= 15 is 0 Å². The van der Waals surface area contributed by atoms with Crippen LogP contribution in [0.2, 0.25) is 0 Å². The van der Waals surface area contributed by atoms with E-state index in [-0.39, 0.29) is 0 Å². The molecule has 2 heteroatoms. The minimum Gasteiger partial charge on any atom is -0.327 e. The Morgan fingerprint density at radius 1 is 1.10 bits per heavy atom. The van der Waals surface area contributed by atoms with Crippen LogP contribution in [0.1, 0.15) is 50.6 Å². The molecule has 2 nitrogen and oxygen atoms in total. The molecule has 108 valence electrons. The van der Waals surface area contributed by atoms with Gasteiger partial charge in [0.05, 0.1) is 0 Å². The highest BCUT2D eigenvalue weighted by atomic mass is 14.7. The molecule has 4 aliphatic carbocycles. The highest BCUT2D eigenvalue weighted by molar-refractivity contribution is 5.07. The van der Waals surface area contributed by atoms with E-state index in [1.807, 2.05) is 12.3 Å². The fourth-order valence-electron chi connectivity index (χ4n) is 5.96. The Hall–Kier alpha value is -0.890. The number of aromatic nitrogens is 1. The maximum atomic E-state index is 6.49. The summed E-state index contributed by atoms with van der Waals surface area (Å²) in [5, 5.41) is 0. The van der Waals surface area contributed by atoms with Crippen molar-refractivity contribution in [3.8, 4) is 0 Å². The molecule has 0 aromatic carbocycles. The molecule has 4 bridgehead atoms. The van der Waals surface area contributed by atoms with Crippen molar-refractivity contribution < 1.29 is 0 Å². The summed E-state index contributed by atoms with van der Waals surface area (Å²) in [5.74, 6) is 3.09. The fourth-order valence-corrected chi connectivity index (χ4v) is 5.96. The lowest BCUT2D eigenvalue weighted by molar-refractivity contribution is -0.0603. The number of nitrogens with two attached hydrogens (primary N) is 1. The van der Waals surface area contributed by atoms with Crippen molar-refractivity contribution in [3.63, 3.8) is 0 Å². The molecule has 2 N–H and O–H groups in total. The first-order valence-corrected chi connectivity index (χ1v) is 8.36. The van der Waals surface area contributed by atoms with Crippen LogP contribution in [0.4, 0.5) is 0 Å². The molecule has 0 radical (unpaired) electrons. The van der Waals surface area contributed by atoms with Gasteiger partial charge in [-0.1, -0.05) is 6.07 Å². The average Bonchev–Trinajstić information content (AvgIpc) is 2.37. The highest BCUT2D eigenvalue weighted by Gasteiger charge is 2.50. The first-order chi connectivity index (χ1) is 9.71. The summed E-state index contributed by atoms with van der Waals surface area (Å²) < 4.78 is 0. The van der Waals surface area contributed by atoms with Gasteiger partial charge in [-0.05, 0) is 80.2 Å². The monoisotopic (exact) mass is 270 g/mol. The Morgan fingerprint density at radius 2 is 1.75 bits per heavy atom. The number of rotatable bonds is 4. The maximum Gasteiger partial charge on any atom is 0.0419 e. The summed E-state index contributed by atoms with van der Waals surface area (Å²) in [4.78, 5) is 4.43. The number of hydrogen-bond donors (Lipinski definition) is 1. The maximum absolute atomic E-state index is 6.49. The van der Waals surface area contributed by atoms with Gasteiger partial charge in [0.2, 0.25) is 0 Å². The summed E-state index contributed by atoms with van der Waals surface area (Å²) >= 11 is 0. The zero-order valence-electron chi connectivity index (χ0n) is 12.3. The molecule has 1 atom stereocenters. The second-order valence-electron chi connectivity index (χ2n) is 7.91. The van der Waals surface area contributed by atoms with Gasteiger partial charge in [0.1, 0.15) is 0 Å². The van der Waals surface area contributed by atoms with Gasteiger partial charge in [0, 0.05) is 24.4 Å². The van der Waals surface area contributed by atoms with Crippen molar-refractivity contribution in [1.82, 2.24) is 4.98 Å². The first-order valence-electron chi connectivity index (χ1n) is 8.36. The molecular weight excluding hydrogens is 244 g/mol. The van der Waals surface area contributed by atoms with E-state index in [1.54, 1.807) is 0 Å². The SMILES string of the molecule is NC(Cc1ccccn1)CC12CC3CC(CC(C3)C1)C2. The van der Waals surface area contributed by atoms with E-state index in [0.29, 0.717) is 11.5 Å². The summed E-state index contributed by atoms with van der Waals surface area (Å²) in [5.41, 5.74) is 8.24. The Morgan fingerprint density at radius 3 is 2.30 bits per heavy atom. The van der Waals surface area contributed by atoms with Gasteiger partial charge in [-0.25, -0.2) is 0 Å². The standard InChI is InChI=1S/C18H26N2/c19-16(8-17-3-1-2-4-20-17)12-18-9-13-5-14(10-18)7-15(6-13)11-18/h1-4,13-16H,5-12,19H2. The van der Waals surface area contributed by atoms with Gasteiger partial charge < -0.3 is 5.73 Å². The van der Waals surface area contributed by atoms with Crippen molar-refractivity contribution in [1.29, 1.82) is 0 Å². The highest BCUT2D eigenvalue weighted by Crippen LogP contribution is 2.61. The van der Waals surface area contributed by atoms with E-state index in [0.717, 1.165) is 29.9 Å². The van der Waals surface area contributed by atoms with Gasteiger partial charge in [0.15, 0.2) is 0 Å². The lowest BCUT2D eigenvalue weighted by atomic mass is 9.48. The second-order valence-corrected chi connectivity index (χ2v) is 7.91. The van der Waals surface area contributed by atoms with Crippen molar-refractivity contribution in [2.75, 3.05) is 0 Å². The van der Waals surface area contributed by atoms with Gasteiger partial charge in [-0.3, -0.25) is 4.98 Å².